The number of anilines is 1. The smallest absolute Gasteiger partial charge is 0.296 e. The van der Waals surface area contributed by atoms with Gasteiger partial charge in [0.15, 0.2) is 11.6 Å². The number of carbonyl (C=O) groups excluding carboxylic acids is 4. The highest BCUT2D eigenvalue weighted by molar-refractivity contribution is 7.86. The zero-order valence-electron chi connectivity index (χ0n) is 24.7. The van der Waals surface area contributed by atoms with E-state index in [9.17, 15) is 49.9 Å². The molecular weight excluding hydrogens is 658 g/mol. The van der Waals surface area contributed by atoms with Crippen LogP contribution in [-0.2, 0) is 34.6 Å². The summed E-state index contributed by atoms with van der Waals surface area (Å²) in [5.74, 6) is -2.87. The molecule has 4 N–H and O–H groups in total. The second-order valence-corrected chi connectivity index (χ2v) is 12.6. The maximum absolute atomic E-state index is 13.4. The van der Waals surface area contributed by atoms with Crippen LogP contribution in [0.1, 0.15) is 29.9 Å². The molecule has 1 aliphatic heterocycles. The molecule has 0 atom stereocenters. The molecule has 244 valence electrons. The minimum atomic E-state index is -4.78. The summed E-state index contributed by atoms with van der Waals surface area (Å²) in [5, 5.41) is 9.62. The molecule has 2 amide bonds. The maximum Gasteiger partial charge on any atom is 0.296 e. The van der Waals surface area contributed by atoms with E-state index in [2.05, 4.69) is 15.5 Å². The Balaban J connectivity index is 1.80. The predicted molar refractivity (Wildman–Crippen MR) is 167 cm³/mol. The number of ketones is 2. The topological polar surface area (TPSA) is 242 Å². The zero-order chi connectivity index (χ0) is 34.8. The van der Waals surface area contributed by atoms with Gasteiger partial charge in [0.2, 0.25) is 0 Å². The standard InChI is InChI=1S/C29H25N5O11S2/c1-16(35)25-21(28(38)33(31-25)19-7-6-8-20(15-19)46(40,41)42)13-11-18(27(37)30-3)12-14-22-26(17(2)36)32-34(29(22)39)23-9-4-5-10-24(23)47(43,44)45/h4-15,32H,1-3H3,(H,30,37)(H,40,41,42)(H,43,44,45). The number of nitrogens with one attached hydrogen (secondary N) is 2. The third-order valence-electron chi connectivity index (χ3n) is 6.58. The molecule has 1 aromatic heterocycles. The molecule has 18 heteroatoms. The van der Waals surface area contributed by atoms with Crippen LogP contribution in [0.2, 0.25) is 0 Å². The van der Waals surface area contributed by atoms with E-state index in [0.717, 1.165) is 66.0 Å². The summed E-state index contributed by atoms with van der Waals surface area (Å²) < 4.78 is 66.7. The van der Waals surface area contributed by atoms with Gasteiger partial charge in [0.1, 0.15) is 16.3 Å². The fourth-order valence-electron chi connectivity index (χ4n) is 4.38. The van der Waals surface area contributed by atoms with E-state index in [1.54, 1.807) is 0 Å². The number of aromatic amines is 1. The number of rotatable bonds is 10. The Morgan fingerprint density at radius 2 is 1.62 bits per heavy atom. The molecule has 16 nitrogen and oxygen atoms in total. The summed E-state index contributed by atoms with van der Waals surface area (Å²) in [5.41, 5.74) is -2.59. The van der Waals surface area contributed by atoms with E-state index in [1.165, 1.54) is 37.4 Å². The van der Waals surface area contributed by atoms with Crippen molar-refractivity contribution in [2.75, 3.05) is 12.1 Å². The molecule has 1 aliphatic rings. The van der Waals surface area contributed by atoms with Crippen molar-refractivity contribution in [2.24, 2.45) is 5.10 Å². The summed E-state index contributed by atoms with van der Waals surface area (Å²) in [6.07, 6.45) is 4.47. The highest BCUT2D eigenvalue weighted by atomic mass is 32.2. The van der Waals surface area contributed by atoms with Crippen molar-refractivity contribution in [3.8, 4) is 5.69 Å². The number of aromatic nitrogens is 2. The molecule has 4 rings (SSSR count). The van der Waals surface area contributed by atoms with Gasteiger partial charge in [-0.05, 0) is 54.6 Å². The van der Waals surface area contributed by atoms with Gasteiger partial charge in [-0.1, -0.05) is 18.2 Å². The van der Waals surface area contributed by atoms with Crippen LogP contribution in [-0.4, -0.2) is 71.9 Å². The van der Waals surface area contributed by atoms with Crippen molar-refractivity contribution in [1.29, 1.82) is 0 Å². The van der Waals surface area contributed by atoms with Crippen LogP contribution in [0.3, 0.4) is 0 Å². The summed E-state index contributed by atoms with van der Waals surface area (Å²) >= 11 is 0. The summed E-state index contributed by atoms with van der Waals surface area (Å²) in [6, 6.07) is 9.60. The first-order valence-electron chi connectivity index (χ1n) is 13.2. The molecule has 0 unspecified atom stereocenters. The van der Waals surface area contributed by atoms with E-state index in [4.69, 9.17) is 0 Å². The van der Waals surface area contributed by atoms with E-state index >= 15 is 0 Å². The van der Waals surface area contributed by atoms with E-state index in [0.29, 0.717) is 0 Å². The molecule has 3 aromatic rings. The lowest BCUT2D eigenvalue weighted by Crippen LogP contribution is -2.22. The molecule has 0 radical (unpaired) electrons. The molecule has 2 heterocycles. The molecule has 0 fully saturated rings. The second-order valence-electron chi connectivity index (χ2n) is 9.75. The Morgan fingerprint density at radius 3 is 2.21 bits per heavy atom. The molecule has 2 aromatic carbocycles. The molecule has 0 bridgehead atoms. The predicted octanol–water partition coefficient (Wildman–Crippen LogP) is 1.47. The monoisotopic (exact) mass is 683 g/mol. The summed E-state index contributed by atoms with van der Waals surface area (Å²) in [7, 11) is -8.11. The van der Waals surface area contributed by atoms with Crippen LogP contribution in [0.5, 0.6) is 0 Å². The Labute approximate surface area is 266 Å². The maximum atomic E-state index is 13.4. The number of Topliss-reactive ketones (excluding diaryl/α,β-unsaturated/α-hetero) is 2. The number of hydrazone groups is 1. The van der Waals surface area contributed by atoms with Crippen molar-refractivity contribution in [1.82, 2.24) is 15.1 Å². The number of amides is 2. The number of likely N-dealkylation sites (N-methyl/N-ethyl adjacent to an activating group) is 1. The van der Waals surface area contributed by atoms with Gasteiger partial charge in [-0.15, -0.1) is 0 Å². The summed E-state index contributed by atoms with van der Waals surface area (Å²) in [6.45, 7) is 2.26. The van der Waals surface area contributed by atoms with Gasteiger partial charge < -0.3 is 5.32 Å². The lowest BCUT2D eigenvalue weighted by Gasteiger charge is -2.12. The first-order valence-corrected chi connectivity index (χ1v) is 16.1. The molecule has 0 saturated heterocycles. The lowest BCUT2D eigenvalue weighted by molar-refractivity contribution is -0.117. The molecule has 47 heavy (non-hydrogen) atoms. The normalized spacial score (nSPS) is 15.0. The van der Waals surface area contributed by atoms with Gasteiger partial charge in [-0.25, -0.2) is 4.68 Å². The Morgan fingerprint density at radius 1 is 0.936 bits per heavy atom. The van der Waals surface area contributed by atoms with Crippen LogP contribution in [0, 0.1) is 0 Å². The van der Waals surface area contributed by atoms with Crippen LogP contribution >= 0.6 is 0 Å². The van der Waals surface area contributed by atoms with Crippen molar-refractivity contribution in [3.05, 3.63) is 99.5 Å². The van der Waals surface area contributed by atoms with E-state index in [-0.39, 0.29) is 39.5 Å². The fourth-order valence-corrected chi connectivity index (χ4v) is 5.57. The average molecular weight is 684 g/mol. The average Bonchev–Trinajstić information content (AvgIpc) is 3.52. The van der Waals surface area contributed by atoms with Gasteiger partial charge in [0.05, 0.1) is 27.4 Å². The van der Waals surface area contributed by atoms with Crippen LogP contribution in [0.15, 0.2) is 97.6 Å². The molecule has 0 spiro atoms. The third kappa shape index (κ3) is 7.15. The van der Waals surface area contributed by atoms with Gasteiger partial charge in [0, 0.05) is 26.5 Å². The zero-order valence-corrected chi connectivity index (χ0v) is 26.3. The van der Waals surface area contributed by atoms with Crippen molar-refractivity contribution >= 4 is 61.1 Å². The van der Waals surface area contributed by atoms with Gasteiger partial charge in [0.25, 0.3) is 37.6 Å². The largest absolute Gasteiger partial charge is 0.355 e. The number of nitrogens with zero attached hydrogens (tertiary/aromatic N) is 3. The first-order chi connectivity index (χ1) is 21.9. The minimum Gasteiger partial charge on any atom is -0.355 e. The Kier molecular flexibility index (Phi) is 9.52. The van der Waals surface area contributed by atoms with Crippen molar-refractivity contribution < 1.29 is 45.1 Å². The van der Waals surface area contributed by atoms with Gasteiger partial charge in [-0.3, -0.25) is 38.2 Å². The van der Waals surface area contributed by atoms with Gasteiger partial charge in [-0.2, -0.15) is 26.9 Å². The number of carbonyl (C=O) groups is 4. The molecule has 0 saturated carbocycles. The molecule has 0 aliphatic carbocycles. The number of hydrogen-bond acceptors (Lipinski definition) is 10. The second kappa shape index (κ2) is 13.0. The number of para-hydroxylation sites is 1. The van der Waals surface area contributed by atoms with Crippen LogP contribution in [0.4, 0.5) is 5.69 Å². The Hall–Kier alpha value is -5.56. The van der Waals surface area contributed by atoms with Crippen LogP contribution in [0.25, 0.3) is 11.8 Å². The van der Waals surface area contributed by atoms with E-state index in [1.807, 2.05) is 0 Å². The highest BCUT2D eigenvalue weighted by Crippen LogP contribution is 2.27. The number of benzene rings is 2. The third-order valence-corrected chi connectivity index (χ3v) is 8.33. The SMILES string of the molecule is CNC(=O)C(C=Cc1c(C(C)=O)[nH]n(-c2ccccc2S(=O)(=O)O)c1=O)=CC=C1C(=O)N(c2cccc(S(=O)(=O)O)c2)N=C1C(C)=O. The molecular formula is C29H25N5O11S2. The minimum absolute atomic E-state index is 0.0845. The number of allylic oxidation sites excluding steroid dienone is 2. The van der Waals surface area contributed by atoms with Gasteiger partial charge >= 0.3 is 0 Å². The highest BCUT2D eigenvalue weighted by Gasteiger charge is 2.33. The van der Waals surface area contributed by atoms with Crippen molar-refractivity contribution in [3.63, 3.8) is 0 Å². The van der Waals surface area contributed by atoms with Crippen LogP contribution < -0.4 is 15.9 Å². The number of H-pyrrole nitrogens is 1. The van der Waals surface area contributed by atoms with Crippen molar-refractivity contribution in [2.45, 2.75) is 23.6 Å². The summed E-state index contributed by atoms with van der Waals surface area (Å²) in [4.78, 5) is 63.1. The van der Waals surface area contributed by atoms with E-state index < -0.39 is 59.0 Å². The first kappa shape index (κ1) is 34.3. The fraction of sp³-hybridized carbons (Fsp3) is 0.103. The Bertz CT molecular complexity index is 2260. The number of hydrogen-bond donors (Lipinski definition) is 4. The lowest BCUT2D eigenvalue weighted by atomic mass is 10.1. The quantitative estimate of drug-likeness (QED) is 0.103.